The maximum Gasteiger partial charge on any atom is 0.306 e. The number of hydrogen-bond donors (Lipinski definition) is 2. The van der Waals surface area contributed by atoms with Crippen molar-refractivity contribution in [2.24, 2.45) is 11.8 Å². The van der Waals surface area contributed by atoms with Gasteiger partial charge in [0, 0.05) is 19.0 Å². The van der Waals surface area contributed by atoms with Gasteiger partial charge in [-0.05, 0) is 37.8 Å². The SMILES string of the molecule is O=C(O)C1CCC(NC(=O)C2CC(=O)N(c3ccccc3F)C2)CC1. The summed E-state index contributed by atoms with van der Waals surface area (Å²) < 4.78 is 13.9. The summed E-state index contributed by atoms with van der Waals surface area (Å²) in [6.07, 6.45) is 2.40. The number of aliphatic carboxylic acids is 1. The molecular weight excluding hydrogens is 327 g/mol. The molecule has 1 aromatic carbocycles. The van der Waals surface area contributed by atoms with Crippen molar-refractivity contribution in [3.05, 3.63) is 30.1 Å². The Balaban J connectivity index is 1.57. The fourth-order valence-corrected chi connectivity index (χ4v) is 3.59. The lowest BCUT2D eigenvalue weighted by molar-refractivity contribution is -0.142. The van der Waals surface area contributed by atoms with E-state index in [0.717, 1.165) is 0 Å². The first kappa shape index (κ1) is 17.4. The van der Waals surface area contributed by atoms with Gasteiger partial charge >= 0.3 is 5.97 Å². The number of benzene rings is 1. The molecule has 0 radical (unpaired) electrons. The highest BCUT2D eigenvalue weighted by atomic mass is 19.1. The molecule has 2 amide bonds. The molecule has 0 spiro atoms. The number of nitrogens with zero attached hydrogens (tertiary/aromatic N) is 1. The number of hydrogen-bond acceptors (Lipinski definition) is 3. The molecule has 6 nitrogen and oxygen atoms in total. The average molecular weight is 348 g/mol. The molecule has 3 rings (SSSR count). The largest absolute Gasteiger partial charge is 0.481 e. The molecule has 1 aliphatic carbocycles. The Bertz CT molecular complexity index is 685. The van der Waals surface area contributed by atoms with Gasteiger partial charge < -0.3 is 15.3 Å². The van der Waals surface area contributed by atoms with Gasteiger partial charge in [0.1, 0.15) is 5.82 Å². The normalized spacial score (nSPS) is 26.5. The van der Waals surface area contributed by atoms with Gasteiger partial charge in [-0.3, -0.25) is 14.4 Å². The highest BCUT2D eigenvalue weighted by molar-refractivity contribution is 6.00. The number of carbonyl (C=O) groups is 3. The van der Waals surface area contributed by atoms with Gasteiger partial charge in [0.2, 0.25) is 11.8 Å². The molecule has 2 fully saturated rings. The van der Waals surface area contributed by atoms with E-state index in [1.807, 2.05) is 0 Å². The van der Waals surface area contributed by atoms with E-state index in [1.165, 1.54) is 17.0 Å². The highest BCUT2D eigenvalue weighted by Gasteiger charge is 2.37. The van der Waals surface area contributed by atoms with Gasteiger partial charge in [0.05, 0.1) is 17.5 Å². The summed E-state index contributed by atoms with van der Waals surface area (Å²) in [6, 6.07) is 5.97. The standard InChI is InChI=1S/C18H21FN2O4/c19-14-3-1-2-4-15(14)21-10-12(9-16(21)22)17(23)20-13-7-5-11(6-8-13)18(24)25/h1-4,11-13H,5-10H2,(H,20,23)(H,24,25). The molecule has 1 unspecified atom stereocenters. The fraction of sp³-hybridized carbons (Fsp3) is 0.500. The molecule has 134 valence electrons. The Morgan fingerprint density at radius 3 is 2.44 bits per heavy atom. The lowest BCUT2D eigenvalue weighted by Crippen LogP contribution is -2.42. The van der Waals surface area contributed by atoms with Crippen molar-refractivity contribution in [2.45, 2.75) is 38.1 Å². The zero-order chi connectivity index (χ0) is 18.0. The number of rotatable bonds is 4. The van der Waals surface area contributed by atoms with Crippen LogP contribution in [0.2, 0.25) is 0 Å². The van der Waals surface area contributed by atoms with Gasteiger partial charge in [-0.15, -0.1) is 0 Å². The first-order chi connectivity index (χ1) is 12.0. The number of carboxylic acids is 1. The number of amides is 2. The van der Waals surface area contributed by atoms with Crippen molar-refractivity contribution < 1.29 is 23.9 Å². The first-order valence-electron chi connectivity index (χ1n) is 8.53. The van der Waals surface area contributed by atoms with Gasteiger partial charge in [-0.1, -0.05) is 12.1 Å². The van der Waals surface area contributed by atoms with Crippen LogP contribution in [0.3, 0.4) is 0 Å². The molecule has 25 heavy (non-hydrogen) atoms. The topological polar surface area (TPSA) is 86.7 Å². The van der Waals surface area contributed by atoms with Crippen LogP contribution in [0.5, 0.6) is 0 Å². The Morgan fingerprint density at radius 1 is 1.12 bits per heavy atom. The van der Waals surface area contributed by atoms with Gasteiger partial charge in [0.25, 0.3) is 0 Å². The van der Waals surface area contributed by atoms with E-state index >= 15 is 0 Å². The van der Waals surface area contributed by atoms with Gasteiger partial charge in [0.15, 0.2) is 0 Å². The third-order valence-electron chi connectivity index (χ3n) is 5.06. The second kappa shape index (κ2) is 7.21. The van der Waals surface area contributed by atoms with Crippen molar-refractivity contribution in [3.8, 4) is 0 Å². The minimum Gasteiger partial charge on any atom is -0.481 e. The molecule has 1 aromatic rings. The van der Waals surface area contributed by atoms with Crippen molar-refractivity contribution in [1.82, 2.24) is 5.32 Å². The van der Waals surface area contributed by atoms with Crippen LogP contribution in [-0.4, -0.2) is 35.5 Å². The van der Waals surface area contributed by atoms with Gasteiger partial charge in [-0.25, -0.2) is 4.39 Å². The smallest absolute Gasteiger partial charge is 0.306 e. The van der Waals surface area contributed by atoms with E-state index in [0.29, 0.717) is 25.7 Å². The van der Waals surface area contributed by atoms with Crippen molar-refractivity contribution in [3.63, 3.8) is 0 Å². The number of nitrogens with one attached hydrogen (secondary N) is 1. The molecule has 1 atom stereocenters. The highest BCUT2D eigenvalue weighted by Crippen LogP contribution is 2.28. The summed E-state index contributed by atoms with van der Waals surface area (Å²) >= 11 is 0. The Labute approximate surface area is 145 Å². The second-order valence-corrected chi connectivity index (χ2v) is 6.75. The quantitative estimate of drug-likeness (QED) is 0.871. The van der Waals surface area contributed by atoms with Crippen LogP contribution in [0.4, 0.5) is 10.1 Å². The number of halogens is 1. The van der Waals surface area contributed by atoms with Crippen LogP contribution in [0, 0.1) is 17.7 Å². The summed E-state index contributed by atoms with van der Waals surface area (Å²) in [6.45, 7) is 0.163. The number of carbonyl (C=O) groups excluding carboxylic acids is 2. The van der Waals surface area contributed by atoms with E-state index in [9.17, 15) is 18.8 Å². The predicted octanol–water partition coefficient (Wildman–Crippen LogP) is 1.94. The monoisotopic (exact) mass is 348 g/mol. The molecule has 1 heterocycles. The Hall–Kier alpha value is -2.44. The lowest BCUT2D eigenvalue weighted by atomic mass is 9.86. The molecule has 2 aliphatic rings. The van der Waals surface area contributed by atoms with Crippen LogP contribution in [0.25, 0.3) is 0 Å². The molecule has 0 bridgehead atoms. The summed E-state index contributed by atoms with van der Waals surface area (Å²) in [5, 5.41) is 11.9. The Kier molecular flexibility index (Phi) is 5.01. The molecule has 2 N–H and O–H groups in total. The third kappa shape index (κ3) is 3.81. The lowest BCUT2D eigenvalue weighted by Gasteiger charge is -2.27. The van der Waals surface area contributed by atoms with E-state index < -0.39 is 17.7 Å². The number of anilines is 1. The average Bonchev–Trinajstić information content (AvgIpc) is 2.97. The maximum absolute atomic E-state index is 13.9. The predicted molar refractivity (Wildman–Crippen MR) is 88.4 cm³/mol. The van der Waals surface area contributed by atoms with Crippen LogP contribution in [0.1, 0.15) is 32.1 Å². The van der Waals surface area contributed by atoms with E-state index in [4.69, 9.17) is 5.11 Å². The molecule has 0 aromatic heterocycles. The van der Waals surface area contributed by atoms with E-state index in [-0.39, 0.29) is 42.4 Å². The van der Waals surface area contributed by atoms with Crippen LogP contribution in [0.15, 0.2) is 24.3 Å². The Morgan fingerprint density at radius 2 is 1.80 bits per heavy atom. The van der Waals surface area contributed by atoms with E-state index in [1.54, 1.807) is 12.1 Å². The van der Waals surface area contributed by atoms with Crippen molar-refractivity contribution in [1.29, 1.82) is 0 Å². The molecule has 1 saturated heterocycles. The maximum atomic E-state index is 13.9. The molecular formula is C18H21FN2O4. The molecule has 7 heteroatoms. The third-order valence-corrected chi connectivity index (χ3v) is 5.06. The fourth-order valence-electron chi connectivity index (χ4n) is 3.59. The van der Waals surface area contributed by atoms with Crippen molar-refractivity contribution in [2.75, 3.05) is 11.4 Å². The molecule has 1 aliphatic heterocycles. The van der Waals surface area contributed by atoms with E-state index in [2.05, 4.69) is 5.32 Å². The van der Waals surface area contributed by atoms with Gasteiger partial charge in [-0.2, -0.15) is 0 Å². The van der Waals surface area contributed by atoms with Crippen LogP contribution in [-0.2, 0) is 14.4 Å². The molecule has 1 saturated carbocycles. The summed E-state index contributed by atoms with van der Waals surface area (Å²) in [5.74, 6) is -2.59. The minimum absolute atomic E-state index is 0.0549. The summed E-state index contributed by atoms with van der Waals surface area (Å²) in [7, 11) is 0. The van der Waals surface area contributed by atoms with Crippen molar-refractivity contribution >= 4 is 23.5 Å². The zero-order valence-corrected chi connectivity index (χ0v) is 13.8. The number of para-hydroxylation sites is 1. The van der Waals surface area contributed by atoms with Crippen LogP contribution >= 0.6 is 0 Å². The second-order valence-electron chi connectivity index (χ2n) is 6.75. The number of carboxylic acid groups (broad SMARTS) is 1. The van der Waals surface area contributed by atoms with Crippen LogP contribution < -0.4 is 10.2 Å². The summed E-state index contributed by atoms with van der Waals surface area (Å²) in [5.41, 5.74) is 0.199. The summed E-state index contributed by atoms with van der Waals surface area (Å²) in [4.78, 5) is 36.9. The first-order valence-corrected chi connectivity index (χ1v) is 8.53. The minimum atomic E-state index is -0.785. The zero-order valence-electron chi connectivity index (χ0n) is 13.8.